The molecule has 0 spiro atoms. The first kappa shape index (κ1) is 44.5. The van der Waals surface area contributed by atoms with Crippen molar-refractivity contribution in [2.24, 2.45) is 5.10 Å². The van der Waals surface area contributed by atoms with Gasteiger partial charge >= 0.3 is 29.8 Å². The van der Waals surface area contributed by atoms with Crippen LogP contribution in [0.1, 0.15) is 52.0 Å². The maximum Gasteiger partial charge on any atom is 0.343 e. The second-order valence-electron chi connectivity index (χ2n) is 12.6. The molecule has 0 saturated carbocycles. The molecule has 61 heavy (non-hydrogen) atoms. The smallest absolute Gasteiger partial charge is 0.343 e. The second kappa shape index (κ2) is 23.1. The van der Waals surface area contributed by atoms with E-state index in [1.807, 2.05) is 24.3 Å². The Morgan fingerprint density at radius 3 is 2.03 bits per heavy atom. The first-order valence-corrected chi connectivity index (χ1v) is 19.6. The fraction of sp³-hybridized carbons (Fsp3) is 0.178. The number of unbranched alkanes of at least 4 members (excludes halogenated alkanes) is 2. The third-order valence-corrected chi connectivity index (χ3v) is 9.23. The van der Waals surface area contributed by atoms with Crippen LogP contribution < -0.4 is 24.4 Å². The number of nitrogens with one attached hydrogen (secondary N) is 1. The van der Waals surface area contributed by atoms with E-state index in [1.165, 1.54) is 60.0 Å². The number of hydrogen-bond donors (Lipinski definition) is 1. The van der Waals surface area contributed by atoms with E-state index in [9.17, 15) is 24.0 Å². The summed E-state index contributed by atoms with van der Waals surface area (Å²) in [5, 5.41) is 4.84. The molecule has 0 fully saturated rings. The van der Waals surface area contributed by atoms with Crippen LogP contribution in [0, 0.1) is 0 Å². The first-order valence-electron chi connectivity index (χ1n) is 18.7. The number of fused-ring (bicyclic) bond motifs is 1. The Morgan fingerprint density at radius 1 is 0.705 bits per heavy atom. The minimum absolute atomic E-state index is 0.0815. The average molecular weight is 848 g/mol. The van der Waals surface area contributed by atoms with E-state index in [0.29, 0.717) is 48.1 Å². The van der Waals surface area contributed by atoms with E-state index >= 15 is 0 Å². The minimum atomic E-state index is -0.670. The Kier molecular flexibility index (Phi) is 16.9. The number of para-hydroxylation sites is 1. The Hall–Kier alpha value is -7.59. The van der Waals surface area contributed by atoms with Crippen molar-refractivity contribution in [1.82, 2.24) is 4.98 Å². The highest BCUT2D eigenvalue weighted by molar-refractivity contribution is 7.22. The number of aromatic nitrogens is 1. The number of hydrogen-bond acceptors (Lipinski definition) is 16. The zero-order chi connectivity index (χ0) is 43.4. The Balaban J connectivity index is 1.18. The number of carbonyl (C=O) groups is 5. The Labute approximate surface area is 354 Å². The van der Waals surface area contributed by atoms with Crippen molar-refractivity contribution in [3.8, 4) is 23.0 Å². The van der Waals surface area contributed by atoms with Gasteiger partial charge in [-0.25, -0.2) is 29.0 Å². The average Bonchev–Trinajstić information content (AvgIpc) is 3.70. The predicted octanol–water partition coefficient (Wildman–Crippen LogP) is 8.01. The van der Waals surface area contributed by atoms with E-state index in [4.69, 9.17) is 33.2 Å². The number of hydrazone groups is 1. The molecule has 16 heteroatoms. The summed E-state index contributed by atoms with van der Waals surface area (Å²) in [7, 11) is 0. The molecule has 0 aliphatic heterocycles. The van der Waals surface area contributed by atoms with Gasteiger partial charge < -0.3 is 33.2 Å². The molecule has 0 amide bonds. The summed E-state index contributed by atoms with van der Waals surface area (Å²) < 4.78 is 38.6. The third kappa shape index (κ3) is 14.3. The van der Waals surface area contributed by atoms with Gasteiger partial charge in [0.25, 0.3) is 0 Å². The normalized spacial score (nSPS) is 11.1. The number of rotatable bonds is 23. The number of nitrogens with zero attached hydrogens (tertiary/aromatic N) is 2. The number of carbonyl (C=O) groups excluding carboxylic acids is 5. The zero-order valence-corrected chi connectivity index (χ0v) is 33.6. The summed E-state index contributed by atoms with van der Waals surface area (Å²) in [6.07, 6.45) is 6.52. The quantitative estimate of drug-likeness (QED) is 0.00973. The first-order chi connectivity index (χ1) is 29.6. The Bertz CT molecular complexity index is 2340. The number of esters is 5. The molecule has 5 aromatic rings. The lowest BCUT2D eigenvalue weighted by atomic mass is 10.1. The van der Waals surface area contributed by atoms with Crippen LogP contribution in [-0.2, 0) is 28.6 Å². The fourth-order valence-corrected chi connectivity index (χ4v) is 6.05. The van der Waals surface area contributed by atoms with E-state index < -0.39 is 36.0 Å². The topological polar surface area (TPSA) is 187 Å². The van der Waals surface area contributed by atoms with Gasteiger partial charge in [-0.3, -0.25) is 5.43 Å². The molecule has 1 unspecified atom stereocenters. The van der Waals surface area contributed by atoms with Crippen LogP contribution in [0.3, 0.4) is 0 Å². The summed E-state index contributed by atoms with van der Waals surface area (Å²) in [6.45, 7) is 10.0. The monoisotopic (exact) mass is 847 g/mol. The number of ether oxygens (including phenoxy) is 7. The molecule has 0 radical (unpaired) electrons. The highest BCUT2D eigenvalue weighted by Crippen LogP contribution is 2.28. The van der Waals surface area contributed by atoms with Gasteiger partial charge in [0.1, 0.15) is 35.7 Å². The largest absolute Gasteiger partial charge is 0.494 e. The van der Waals surface area contributed by atoms with E-state index in [1.54, 1.807) is 24.3 Å². The number of thiazole rings is 1. The van der Waals surface area contributed by atoms with Gasteiger partial charge in [0.2, 0.25) is 11.9 Å². The molecule has 0 aliphatic rings. The van der Waals surface area contributed by atoms with Gasteiger partial charge in [-0.15, -0.1) is 0 Å². The maximum absolute atomic E-state index is 13.3. The van der Waals surface area contributed by atoms with Crippen molar-refractivity contribution < 1.29 is 57.1 Å². The lowest BCUT2D eigenvalue weighted by molar-refractivity contribution is -0.153. The molecule has 1 N–H and O–H groups in total. The van der Waals surface area contributed by atoms with Crippen LogP contribution in [0.5, 0.6) is 23.0 Å². The molecule has 1 aromatic heterocycles. The van der Waals surface area contributed by atoms with Crippen LogP contribution in [0.15, 0.2) is 134 Å². The van der Waals surface area contributed by atoms with Gasteiger partial charge in [-0.05, 0) is 105 Å². The number of benzene rings is 4. The summed E-state index contributed by atoms with van der Waals surface area (Å²) >= 11 is 1.41. The van der Waals surface area contributed by atoms with Gasteiger partial charge in [0.15, 0.2) is 0 Å². The van der Waals surface area contributed by atoms with Crippen molar-refractivity contribution in [1.29, 1.82) is 0 Å². The molecule has 15 nitrogen and oxygen atoms in total. The third-order valence-electron chi connectivity index (χ3n) is 8.29. The summed E-state index contributed by atoms with van der Waals surface area (Å²) in [5.74, 6) is -1.98. The minimum Gasteiger partial charge on any atom is -0.494 e. The van der Waals surface area contributed by atoms with Crippen molar-refractivity contribution >= 4 is 62.7 Å². The van der Waals surface area contributed by atoms with Crippen molar-refractivity contribution in [3.63, 3.8) is 0 Å². The fourth-order valence-electron chi connectivity index (χ4n) is 5.24. The molecule has 1 heterocycles. The van der Waals surface area contributed by atoms with E-state index in [2.05, 4.69) is 35.2 Å². The Morgan fingerprint density at radius 2 is 1.34 bits per heavy atom. The molecular formula is C45H41N3O12S. The maximum atomic E-state index is 13.3. The van der Waals surface area contributed by atoms with Gasteiger partial charge in [0.05, 0.1) is 34.2 Å². The molecule has 0 saturated heterocycles. The molecule has 0 bridgehead atoms. The lowest BCUT2D eigenvalue weighted by Gasteiger charge is -2.16. The van der Waals surface area contributed by atoms with Crippen LogP contribution in [0.4, 0.5) is 5.13 Å². The van der Waals surface area contributed by atoms with Crippen LogP contribution in [-0.4, -0.2) is 67.2 Å². The summed E-state index contributed by atoms with van der Waals surface area (Å²) in [6, 6.07) is 24.6. The van der Waals surface area contributed by atoms with Crippen LogP contribution in [0.25, 0.3) is 10.2 Å². The highest BCUT2D eigenvalue weighted by atomic mass is 32.1. The van der Waals surface area contributed by atoms with Crippen LogP contribution in [0.2, 0.25) is 0 Å². The van der Waals surface area contributed by atoms with Gasteiger partial charge in [-0.1, -0.05) is 43.2 Å². The summed E-state index contributed by atoms with van der Waals surface area (Å²) in [5.41, 5.74) is 4.49. The van der Waals surface area contributed by atoms with Crippen LogP contribution >= 0.6 is 11.3 Å². The molecule has 5 rings (SSSR count). The molecule has 0 aliphatic carbocycles. The second-order valence-corrected chi connectivity index (χ2v) is 13.6. The van der Waals surface area contributed by atoms with Gasteiger partial charge in [-0.2, -0.15) is 5.10 Å². The highest BCUT2D eigenvalue weighted by Gasteiger charge is 2.17. The SMILES string of the molecule is C=CC(=O)OCOc1ccc(C(=O)Oc2ccc(OC(=O)c3ccc(OCCCCCC(COC(=O)C=C)OC(=O)C=C)cc3)c(/C=N/Nc3nc4ccccc4s3)c2)cc1. The van der Waals surface area contributed by atoms with E-state index in [-0.39, 0.29) is 36.0 Å². The summed E-state index contributed by atoms with van der Waals surface area (Å²) in [4.78, 5) is 65.2. The number of anilines is 1. The molecule has 1 atom stereocenters. The molecular weight excluding hydrogens is 807 g/mol. The standard InChI is InChI=1S/C45H41N3O12S/c1-4-40(49)55-28-36(58-42(51)6-3)12-8-7-11-25-54-33-19-15-31(16-20-33)44(53)60-38-24-23-35(26-32(38)27-46-48-45-47-37-13-9-10-14-39(37)61-45)59-43(52)30-17-21-34(22-18-30)56-29-57-41(50)5-2/h4-6,9-10,13-24,26-27,36H,1-3,7-8,11-12,25,28-29H2,(H,47,48)/b46-27+. The molecule has 4 aromatic carbocycles. The lowest BCUT2D eigenvalue weighted by Crippen LogP contribution is -2.24. The van der Waals surface area contributed by atoms with Crippen molar-refractivity contribution in [2.45, 2.75) is 31.8 Å². The van der Waals surface area contributed by atoms with Gasteiger partial charge in [0, 0.05) is 23.8 Å². The van der Waals surface area contributed by atoms with Crippen molar-refractivity contribution in [2.75, 3.05) is 25.4 Å². The van der Waals surface area contributed by atoms with Crippen molar-refractivity contribution in [3.05, 3.63) is 146 Å². The predicted molar refractivity (Wildman–Crippen MR) is 227 cm³/mol. The zero-order valence-electron chi connectivity index (χ0n) is 32.8. The molecule has 314 valence electrons. The van der Waals surface area contributed by atoms with E-state index in [0.717, 1.165) is 34.9 Å².